The quantitative estimate of drug-likeness (QED) is 0.820. The van der Waals surface area contributed by atoms with E-state index in [1.807, 2.05) is 0 Å². The molecule has 1 atom stereocenters. The number of aliphatic hydroxyl groups is 1. The number of benzene rings is 1. The summed E-state index contributed by atoms with van der Waals surface area (Å²) in [7, 11) is 1.23. The maximum atomic E-state index is 11.3. The van der Waals surface area contributed by atoms with Gasteiger partial charge in [0.2, 0.25) is 0 Å². The highest BCUT2D eigenvalue weighted by Crippen LogP contribution is 2.29. The summed E-state index contributed by atoms with van der Waals surface area (Å²) >= 11 is 3.28. The Bertz CT molecular complexity index is 538. The Kier molecular flexibility index (Phi) is 2.93. The normalized spacial score (nSPS) is 12.7. The van der Waals surface area contributed by atoms with Crippen LogP contribution in [0.4, 0.5) is 0 Å². The molecule has 1 heterocycles. The number of carbonyl (C=O) groups excluding carboxylic acids is 1. The fraction of sp³-hybridized carbons (Fsp3) is 0.200. The van der Waals surface area contributed by atoms with Crippen LogP contribution in [0.3, 0.4) is 0 Å². The fourth-order valence-electron chi connectivity index (χ4n) is 1.52. The van der Waals surface area contributed by atoms with Gasteiger partial charge in [-0.2, -0.15) is 5.10 Å². The number of halogens is 1. The molecule has 0 amide bonds. The van der Waals surface area contributed by atoms with Crippen molar-refractivity contribution in [1.29, 1.82) is 0 Å². The van der Waals surface area contributed by atoms with E-state index in [1.165, 1.54) is 7.11 Å². The summed E-state index contributed by atoms with van der Waals surface area (Å²) in [6.45, 7) is 0. The smallest absolute Gasteiger partial charge is 0.339 e. The van der Waals surface area contributed by atoms with Crippen LogP contribution in [0.5, 0.6) is 0 Å². The van der Waals surface area contributed by atoms with Gasteiger partial charge in [-0.15, -0.1) is 0 Å². The van der Waals surface area contributed by atoms with Gasteiger partial charge >= 0.3 is 5.97 Å². The molecule has 0 aliphatic heterocycles. The highest BCUT2D eigenvalue weighted by molar-refractivity contribution is 9.10. The first-order chi connectivity index (χ1) is 7.65. The lowest BCUT2D eigenvalue weighted by atomic mass is 10.1. The second-order valence-electron chi connectivity index (χ2n) is 3.20. The van der Waals surface area contributed by atoms with Gasteiger partial charge in [0.25, 0.3) is 0 Å². The largest absolute Gasteiger partial charge is 0.467 e. The summed E-state index contributed by atoms with van der Waals surface area (Å²) in [6.07, 6.45) is -1.30. The van der Waals surface area contributed by atoms with Crippen LogP contribution in [-0.4, -0.2) is 28.4 Å². The molecular weight excluding hydrogens is 276 g/mol. The maximum absolute atomic E-state index is 11.3. The molecule has 0 saturated heterocycles. The number of H-pyrrole nitrogens is 1. The van der Waals surface area contributed by atoms with E-state index in [4.69, 9.17) is 0 Å². The number of aromatic amines is 1. The molecule has 0 fully saturated rings. The minimum Gasteiger partial charge on any atom is -0.467 e. The topological polar surface area (TPSA) is 75.2 Å². The number of nitrogens with one attached hydrogen (secondary N) is 1. The third-order valence-corrected chi connectivity index (χ3v) is 2.86. The molecule has 6 heteroatoms. The van der Waals surface area contributed by atoms with Crippen molar-refractivity contribution >= 4 is 32.8 Å². The molecule has 2 aromatic rings. The first-order valence-corrected chi connectivity index (χ1v) is 5.33. The van der Waals surface area contributed by atoms with Crippen LogP contribution in [-0.2, 0) is 9.53 Å². The lowest BCUT2D eigenvalue weighted by Gasteiger charge is -2.09. The predicted octanol–water partition coefficient (Wildman–Crippen LogP) is 1.53. The van der Waals surface area contributed by atoms with E-state index in [1.54, 1.807) is 18.2 Å². The van der Waals surface area contributed by atoms with Gasteiger partial charge in [0.1, 0.15) is 4.60 Å². The van der Waals surface area contributed by atoms with Crippen LogP contribution in [0, 0.1) is 0 Å². The van der Waals surface area contributed by atoms with Gasteiger partial charge in [0.15, 0.2) is 6.10 Å². The zero-order valence-corrected chi connectivity index (χ0v) is 9.98. The molecule has 84 valence electrons. The molecule has 5 nitrogen and oxygen atoms in total. The van der Waals surface area contributed by atoms with Crippen molar-refractivity contribution in [3.63, 3.8) is 0 Å². The summed E-state index contributed by atoms with van der Waals surface area (Å²) in [6, 6.07) is 5.16. The first-order valence-electron chi connectivity index (χ1n) is 4.53. The molecule has 0 saturated carbocycles. The summed E-state index contributed by atoms with van der Waals surface area (Å²) in [4.78, 5) is 11.3. The van der Waals surface area contributed by atoms with E-state index in [0.29, 0.717) is 21.1 Å². The Morgan fingerprint density at radius 3 is 3.06 bits per heavy atom. The summed E-state index contributed by atoms with van der Waals surface area (Å²) in [5.74, 6) is -0.694. The maximum Gasteiger partial charge on any atom is 0.339 e. The second-order valence-corrected chi connectivity index (χ2v) is 4.00. The highest BCUT2D eigenvalue weighted by atomic mass is 79.9. The van der Waals surface area contributed by atoms with Gasteiger partial charge in [-0.1, -0.05) is 12.1 Å². The molecular formula is C10H9BrN2O3. The summed E-state index contributed by atoms with van der Waals surface area (Å²) < 4.78 is 5.12. The molecule has 16 heavy (non-hydrogen) atoms. The van der Waals surface area contributed by atoms with Crippen LogP contribution in [0.25, 0.3) is 10.9 Å². The van der Waals surface area contributed by atoms with E-state index in [0.717, 1.165) is 0 Å². The molecule has 2 N–H and O–H groups in total. The van der Waals surface area contributed by atoms with Crippen molar-refractivity contribution in [1.82, 2.24) is 10.2 Å². The van der Waals surface area contributed by atoms with Gasteiger partial charge in [0, 0.05) is 10.9 Å². The Labute approximate surface area is 99.5 Å². The second kappa shape index (κ2) is 4.23. The highest BCUT2D eigenvalue weighted by Gasteiger charge is 2.22. The molecule has 1 aromatic carbocycles. The van der Waals surface area contributed by atoms with E-state index in [9.17, 15) is 9.90 Å². The third-order valence-electron chi connectivity index (χ3n) is 2.29. The monoisotopic (exact) mass is 284 g/mol. The summed E-state index contributed by atoms with van der Waals surface area (Å²) in [5, 5.41) is 17.2. The zero-order valence-electron chi connectivity index (χ0n) is 8.40. The van der Waals surface area contributed by atoms with Gasteiger partial charge in [-0.05, 0) is 22.0 Å². The number of esters is 1. The lowest BCUT2D eigenvalue weighted by molar-refractivity contribution is -0.150. The van der Waals surface area contributed by atoms with Crippen LogP contribution >= 0.6 is 15.9 Å². The zero-order chi connectivity index (χ0) is 11.7. The number of carbonyl (C=O) groups is 1. The number of fused-ring (bicyclic) bond motifs is 1. The minimum absolute atomic E-state index is 0.463. The van der Waals surface area contributed by atoms with E-state index in [-0.39, 0.29) is 0 Å². The van der Waals surface area contributed by atoms with Gasteiger partial charge < -0.3 is 9.84 Å². The number of methoxy groups -OCH3 is 1. The SMILES string of the molecule is COC(=O)C(O)c1cccc2n[nH]c(Br)c12. The van der Waals surface area contributed by atoms with Crippen molar-refractivity contribution in [2.24, 2.45) is 0 Å². The van der Waals surface area contributed by atoms with E-state index < -0.39 is 12.1 Å². The molecule has 1 aromatic heterocycles. The number of nitrogens with zero attached hydrogens (tertiary/aromatic N) is 1. The standard InChI is InChI=1S/C10H9BrN2O3/c1-16-10(15)8(14)5-3-2-4-6-7(5)9(11)13-12-6/h2-4,8,14H,1H3,(H,12,13). The van der Waals surface area contributed by atoms with Crippen molar-refractivity contribution in [3.8, 4) is 0 Å². The minimum atomic E-state index is -1.30. The Balaban J connectivity index is 2.59. The number of ether oxygens (including phenoxy) is 1. The lowest BCUT2D eigenvalue weighted by Crippen LogP contribution is -2.13. The Hall–Kier alpha value is -1.40. The average molecular weight is 285 g/mol. The van der Waals surface area contributed by atoms with Crippen molar-refractivity contribution in [3.05, 3.63) is 28.4 Å². The molecule has 0 bridgehead atoms. The van der Waals surface area contributed by atoms with Crippen LogP contribution in [0.2, 0.25) is 0 Å². The molecule has 0 spiro atoms. The van der Waals surface area contributed by atoms with Crippen molar-refractivity contribution in [2.45, 2.75) is 6.10 Å². The Morgan fingerprint density at radius 2 is 2.38 bits per heavy atom. The average Bonchev–Trinajstić information content (AvgIpc) is 2.69. The number of aliphatic hydroxyl groups excluding tert-OH is 1. The van der Waals surface area contributed by atoms with Crippen LogP contribution < -0.4 is 0 Å². The van der Waals surface area contributed by atoms with Crippen molar-refractivity contribution in [2.75, 3.05) is 7.11 Å². The van der Waals surface area contributed by atoms with Gasteiger partial charge in [0.05, 0.1) is 12.6 Å². The van der Waals surface area contributed by atoms with Crippen LogP contribution in [0.1, 0.15) is 11.7 Å². The number of rotatable bonds is 2. The summed E-state index contributed by atoms with van der Waals surface area (Å²) in [5.41, 5.74) is 1.14. The predicted molar refractivity (Wildman–Crippen MR) is 60.8 cm³/mol. The molecule has 0 aliphatic carbocycles. The van der Waals surface area contributed by atoms with Crippen molar-refractivity contribution < 1.29 is 14.6 Å². The van der Waals surface area contributed by atoms with E-state index in [2.05, 4.69) is 30.9 Å². The van der Waals surface area contributed by atoms with Crippen LogP contribution in [0.15, 0.2) is 22.8 Å². The molecule has 0 radical (unpaired) electrons. The molecule has 0 aliphatic rings. The molecule has 1 unspecified atom stereocenters. The fourth-order valence-corrected chi connectivity index (χ4v) is 2.04. The first kappa shape index (κ1) is 11.1. The number of hydrogen-bond acceptors (Lipinski definition) is 4. The van der Waals surface area contributed by atoms with Gasteiger partial charge in [-0.25, -0.2) is 4.79 Å². The Morgan fingerprint density at radius 1 is 1.62 bits per heavy atom. The number of hydrogen-bond donors (Lipinski definition) is 2. The third kappa shape index (κ3) is 1.70. The number of aromatic nitrogens is 2. The van der Waals surface area contributed by atoms with Gasteiger partial charge in [-0.3, -0.25) is 5.10 Å². The molecule has 2 rings (SSSR count). The van der Waals surface area contributed by atoms with E-state index >= 15 is 0 Å².